The molecule has 4 heteroatoms. The average Bonchev–Trinajstić information content (AvgIpc) is 2.70. The van der Waals surface area contributed by atoms with E-state index in [0.717, 1.165) is 16.7 Å². The number of benzene rings is 3. The number of hydrogen-bond donors (Lipinski definition) is 1. The first-order valence-electron chi connectivity index (χ1n) is 8.33. The second-order valence-electron chi connectivity index (χ2n) is 5.84. The van der Waals surface area contributed by atoms with Gasteiger partial charge in [0.1, 0.15) is 17.6 Å². The first-order valence-corrected chi connectivity index (χ1v) is 8.33. The molecule has 0 saturated heterocycles. The maximum Gasteiger partial charge on any atom is 0.310 e. The number of aliphatic hydroxyl groups is 1. The number of carbonyl (C=O) groups excluding carboxylic acids is 1. The van der Waals surface area contributed by atoms with Crippen LogP contribution in [0, 0.1) is 0 Å². The SMILES string of the molecule is COC(=O)Cc1ccccc1Oc1ccc(C(O)c2ccccc2)cc1. The van der Waals surface area contributed by atoms with E-state index in [1.165, 1.54) is 7.11 Å². The van der Waals surface area contributed by atoms with Crippen LogP contribution < -0.4 is 4.74 Å². The summed E-state index contributed by atoms with van der Waals surface area (Å²) in [5.74, 6) is 0.919. The third-order valence-corrected chi connectivity index (χ3v) is 4.07. The lowest BCUT2D eigenvalue weighted by Crippen LogP contribution is -2.05. The van der Waals surface area contributed by atoms with Gasteiger partial charge in [-0.1, -0.05) is 60.7 Å². The molecule has 0 aliphatic rings. The first kappa shape index (κ1) is 17.7. The molecule has 0 amide bonds. The van der Waals surface area contributed by atoms with Gasteiger partial charge >= 0.3 is 5.97 Å². The smallest absolute Gasteiger partial charge is 0.310 e. The molecule has 0 radical (unpaired) electrons. The minimum Gasteiger partial charge on any atom is -0.469 e. The Bertz CT molecular complexity index is 857. The average molecular weight is 348 g/mol. The van der Waals surface area contributed by atoms with Gasteiger partial charge in [0.25, 0.3) is 0 Å². The van der Waals surface area contributed by atoms with Crippen molar-refractivity contribution >= 4 is 5.97 Å². The predicted octanol–water partition coefficient (Wildman–Crippen LogP) is 4.28. The van der Waals surface area contributed by atoms with Crippen molar-refractivity contribution in [2.24, 2.45) is 0 Å². The van der Waals surface area contributed by atoms with Gasteiger partial charge in [0.05, 0.1) is 13.5 Å². The number of para-hydroxylation sites is 1. The molecule has 4 nitrogen and oxygen atoms in total. The highest BCUT2D eigenvalue weighted by Gasteiger charge is 2.12. The molecule has 0 aliphatic heterocycles. The number of rotatable bonds is 6. The number of carbonyl (C=O) groups is 1. The number of esters is 1. The van der Waals surface area contributed by atoms with Crippen LogP contribution in [0.5, 0.6) is 11.5 Å². The van der Waals surface area contributed by atoms with Crippen LogP contribution in [0.4, 0.5) is 0 Å². The van der Waals surface area contributed by atoms with Crippen LogP contribution in [0.25, 0.3) is 0 Å². The van der Waals surface area contributed by atoms with Crippen LogP contribution in [0.3, 0.4) is 0 Å². The maximum atomic E-state index is 11.5. The minimum atomic E-state index is -0.683. The van der Waals surface area contributed by atoms with E-state index in [1.807, 2.05) is 66.7 Å². The Morgan fingerprint density at radius 1 is 0.885 bits per heavy atom. The van der Waals surface area contributed by atoms with Gasteiger partial charge in [-0.25, -0.2) is 0 Å². The molecule has 3 aromatic carbocycles. The molecular formula is C22H20O4. The Labute approximate surface area is 152 Å². The molecule has 0 bridgehead atoms. The summed E-state index contributed by atoms with van der Waals surface area (Å²) in [5, 5.41) is 10.5. The monoisotopic (exact) mass is 348 g/mol. The van der Waals surface area contributed by atoms with E-state index < -0.39 is 6.10 Å². The molecule has 0 saturated carbocycles. The van der Waals surface area contributed by atoms with Crippen LogP contribution >= 0.6 is 0 Å². The highest BCUT2D eigenvalue weighted by atomic mass is 16.5. The van der Waals surface area contributed by atoms with Gasteiger partial charge in [0, 0.05) is 5.56 Å². The van der Waals surface area contributed by atoms with Gasteiger partial charge in [-0.3, -0.25) is 4.79 Å². The van der Waals surface area contributed by atoms with Crippen molar-refractivity contribution in [1.82, 2.24) is 0 Å². The zero-order chi connectivity index (χ0) is 18.4. The van der Waals surface area contributed by atoms with Crippen LogP contribution in [-0.2, 0) is 16.0 Å². The number of methoxy groups -OCH3 is 1. The summed E-state index contributed by atoms with van der Waals surface area (Å²) in [5.41, 5.74) is 2.38. The zero-order valence-electron chi connectivity index (χ0n) is 14.5. The number of aliphatic hydroxyl groups excluding tert-OH is 1. The van der Waals surface area contributed by atoms with E-state index in [1.54, 1.807) is 12.1 Å². The summed E-state index contributed by atoms with van der Waals surface area (Å²) < 4.78 is 10.6. The third kappa shape index (κ3) is 4.29. The lowest BCUT2D eigenvalue weighted by molar-refractivity contribution is -0.139. The summed E-state index contributed by atoms with van der Waals surface area (Å²) >= 11 is 0. The Morgan fingerprint density at radius 2 is 1.50 bits per heavy atom. The van der Waals surface area contributed by atoms with E-state index in [9.17, 15) is 9.90 Å². The Hall–Kier alpha value is -3.11. The van der Waals surface area contributed by atoms with Gasteiger partial charge in [0.15, 0.2) is 0 Å². The molecule has 0 fully saturated rings. The van der Waals surface area contributed by atoms with Crippen molar-refractivity contribution in [3.63, 3.8) is 0 Å². The molecule has 3 aromatic rings. The topological polar surface area (TPSA) is 55.8 Å². The second-order valence-corrected chi connectivity index (χ2v) is 5.84. The summed E-state index contributed by atoms with van der Waals surface area (Å²) in [6, 6.07) is 24.1. The van der Waals surface area contributed by atoms with E-state index in [2.05, 4.69) is 0 Å². The lowest BCUT2D eigenvalue weighted by atomic mass is 10.0. The molecule has 0 aromatic heterocycles. The molecule has 3 rings (SSSR count). The first-order chi connectivity index (χ1) is 12.7. The summed E-state index contributed by atoms with van der Waals surface area (Å²) in [4.78, 5) is 11.5. The second kappa shape index (κ2) is 8.32. The van der Waals surface area contributed by atoms with Crippen LogP contribution in [0.1, 0.15) is 22.8 Å². The van der Waals surface area contributed by atoms with E-state index in [-0.39, 0.29) is 12.4 Å². The predicted molar refractivity (Wildman–Crippen MR) is 99.2 cm³/mol. The van der Waals surface area contributed by atoms with E-state index in [4.69, 9.17) is 9.47 Å². The largest absolute Gasteiger partial charge is 0.469 e. The molecule has 1 atom stereocenters. The molecule has 132 valence electrons. The third-order valence-electron chi connectivity index (χ3n) is 4.07. The molecule has 26 heavy (non-hydrogen) atoms. The van der Waals surface area contributed by atoms with Crippen LogP contribution in [-0.4, -0.2) is 18.2 Å². The zero-order valence-corrected chi connectivity index (χ0v) is 14.5. The maximum absolute atomic E-state index is 11.5. The highest BCUT2D eigenvalue weighted by Crippen LogP contribution is 2.28. The fraction of sp³-hybridized carbons (Fsp3) is 0.136. The number of hydrogen-bond acceptors (Lipinski definition) is 4. The molecular weight excluding hydrogens is 328 g/mol. The van der Waals surface area contributed by atoms with Gasteiger partial charge in [-0.05, 0) is 29.3 Å². The molecule has 0 heterocycles. The van der Waals surface area contributed by atoms with E-state index >= 15 is 0 Å². The Kier molecular flexibility index (Phi) is 5.66. The van der Waals surface area contributed by atoms with Crippen molar-refractivity contribution in [3.8, 4) is 11.5 Å². The van der Waals surface area contributed by atoms with Gasteiger partial charge in [0.2, 0.25) is 0 Å². The van der Waals surface area contributed by atoms with Crippen LogP contribution in [0.15, 0.2) is 78.9 Å². The van der Waals surface area contributed by atoms with Crippen molar-refractivity contribution in [2.75, 3.05) is 7.11 Å². The van der Waals surface area contributed by atoms with Gasteiger partial charge in [-0.2, -0.15) is 0 Å². The van der Waals surface area contributed by atoms with Crippen molar-refractivity contribution in [2.45, 2.75) is 12.5 Å². The fourth-order valence-corrected chi connectivity index (χ4v) is 2.65. The minimum absolute atomic E-state index is 0.150. The lowest BCUT2D eigenvalue weighted by Gasteiger charge is -2.13. The van der Waals surface area contributed by atoms with Crippen molar-refractivity contribution in [3.05, 3.63) is 95.6 Å². The molecule has 1 unspecified atom stereocenters. The summed E-state index contributed by atoms with van der Waals surface area (Å²) in [6.07, 6.45) is -0.533. The molecule has 1 N–H and O–H groups in total. The molecule has 0 spiro atoms. The summed E-state index contributed by atoms with van der Waals surface area (Å²) in [7, 11) is 1.36. The van der Waals surface area contributed by atoms with Crippen LogP contribution in [0.2, 0.25) is 0 Å². The van der Waals surface area contributed by atoms with Gasteiger partial charge < -0.3 is 14.6 Å². The number of ether oxygens (including phenoxy) is 2. The Morgan fingerprint density at radius 3 is 2.19 bits per heavy atom. The van der Waals surface area contributed by atoms with Gasteiger partial charge in [-0.15, -0.1) is 0 Å². The Balaban J connectivity index is 1.75. The fourth-order valence-electron chi connectivity index (χ4n) is 2.65. The van der Waals surface area contributed by atoms with E-state index in [0.29, 0.717) is 11.5 Å². The summed E-state index contributed by atoms with van der Waals surface area (Å²) in [6.45, 7) is 0. The van der Waals surface area contributed by atoms with Crippen molar-refractivity contribution in [1.29, 1.82) is 0 Å². The molecule has 0 aliphatic carbocycles. The quantitative estimate of drug-likeness (QED) is 0.676. The standard InChI is InChI=1S/C22H20O4/c1-25-21(23)15-18-9-5-6-10-20(18)26-19-13-11-17(12-14-19)22(24)16-7-3-2-4-8-16/h2-14,22,24H,15H2,1H3. The normalized spacial score (nSPS) is 11.6. The van der Waals surface area contributed by atoms with Crippen molar-refractivity contribution < 1.29 is 19.4 Å². The highest BCUT2D eigenvalue weighted by molar-refractivity contribution is 5.73.